The highest BCUT2D eigenvalue weighted by Gasteiger charge is 2.20. The topological polar surface area (TPSA) is 51.1 Å². The summed E-state index contributed by atoms with van der Waals surface area (Å²) in [5.74, 6) is 1.49. The van der Waals surface area contributed by atoms with Gasteiger partial charge in [0.1, 0.15) is 23.8 Å². The lowest BCUT2D eigenvalue weighted by molar-refractivity contribution is 0.307. The van der Waals surface area contributed by atoms with Crippen LogP contribution >= 0.6 is 0 Å². The molecule has 1 aliphatic rings. The van der Waals surface area contributed by atoms with Gasteiger partial charge >= 0.3 is 0 Å². The van der Waals surface area contributed by atoms with Crippen LogP contribution in [0.2, 0.25) is 0 Å². The Hall–Kier alpha value is -2.49. The summed E-state index contributed by atoms with van der Waals surface area (Å²) < 4.78 is 11.2. The molecule has 4 nitrogen and oxygen atoms in total. The first-order valence-corrected chi connectivity index (χ1v) is 7.02. The quantitative estimate of drug-likeness (QED) is 0.520. The summed E-state index contributed by atoms with van der Waals surface area (Å²) in [4.78, 5) is 0. The van der Waals surface area contributed by atoms with Crippen molar-refractivity contribution in [2.75, 3.05) is 13.2 Å². The van der Waals surface area contributed by atoms with Crippen molar-refractivity contribution in [3.8, 4) is 11.5 Å². The Morgan fingerprint density at radius 2 is 2.00 bits per heavy atom. The molecule has 2 aromatic carbocycles. The van der Waals surface area contributed by atoms with Gasteiger partial charge in [0, 0.05) is 11.6 Å². The molecule has 2 aromatic rings. The molecule has 0 aromatic heterocycles. The molecule has 3 rings (SSSR count). The van der Waals surface area contributed by atoms with Crippen molar-refractivity contribution in [3.63, 3.8) is 0 Å². The van der Waals surface area contributed by atoms with Gasteiger partial charge in [-0.15, -0.1) is 0 Å². The summed E-state index contributed by atoms with van der Waals surface area (Å²) >= 11 is 0. The van der Waals surface area contributed by atoms with Crippen LogP contribution in [0.1, 0.15) is 17.5 Å². The van der Waals surface area contributed by atoms with E-state index in [1.807, 2.05) is 36.4 Å². The molecule has 0 bridgehead atoms. The predicted octanol–water partition coefficient (Wildman–Crippen LogP) is 3.27. The molecule has 1 N–H and O–H groups in total. The second-order valence-corrected chi connectivity index (χ2v) is 4.93. The number of hydrogen-bond acceptors (Lipinski definition) is 4. The molecular weight excluding hydrogens is 266 g/mol. The lowest BCUT2D eigenvalue weighted by atomic mass is 10.1. The molecule has 0 saturated heterocycles. The van der Waals surface area contributed by atoms with Gasteiger partial charge in [0.15, 0.2) is 0 Å². The van der Waals surface area contributed by atoms with Crippen molar-refractivity contribution in [1.82, 2.24) is 0 Å². The fourth-order valence-corrected chi connectivity index (χ4v) is 2.37. The third kappa shape index (κ3) is 3.16. The van der Waals surface area contributed by atoms with Crippen LogP contribution in [-0.2, 0) is 6.42 Å². The summed E-state index contributed by atoms with van der Waals surface area (Å²) in [6.07, 6.45) is 1.97. The fourth-order valence-electron chi connectivity index (χ4n) is 2.37. The lowest BCUT2D eigenvalue weighted by Gasteiger charge is -2.07. The van der Waals surface area contributed by atoms with E-state index in [0.717, 1.165) is 24.2 Å². The molecule has 1 aliphatic heterocycles. The maximum Gasteiger partial charge on any atom is 0.134 e. The highest BCUT2D eigenvalue weighted by atomic mass is 16.5. The number of nitrogens with zero attached hydrogens (tertiary/aromatic N) is 1. The summed E-state index contributed by atoms with van der Waals surface area (Å²) in [5.41, 5.74) is 2.71. The third-order valence-electron chi connectivity index (χ3n) is 3.47. The predicted molar refractivity (Wildman–Crippen MR) is 80.5 cm³/mol. The number of aryl methyl sites for hydroxylation is 1. The standard InChI is InChI=1S/C17H17NO3/c19-18-16-12-21-17-11-14(8-9-15(16)17)20-10-4-7-13-5-2-1-3-6-13/h1-3,5-6,8-9,11,19H,4,7,10,12H2. The molecule has 1 heterocycles. The molecule has 0 aliphatic carbocycles. The van der Waals surface area contributed by atoms with Crippen molar-refractivity contribution in [2.24, 2.45) is 5.16 Å². The summed E-state index contributed by atoms with van der Waals surface area (Å²) in [7, 11) is 0. The molecule has 4 heteroatoms. The van der Waals surface area contributed by atoms with Gasteiger partial charge in [-0.25, -0.2) is 0 Å². The first-order chi connectivity index (χ1) is 10.4. The Bertz CT molecular complexity index is 638. The van der Waals surface area contributed by atoms with Gasteiger partial charge in [0.05, 0.1) is 6.61 Å². The second kappa shape index (κ2) is 6.31. The smallest absolute Gasteiger partial charge is 0.134 e. The Labute approximate surface area is 123 Å². The summed E-state index contributed by atoms with van der Waals surface area (Å²) in [6.45, 7) is 0.970. The van der Waals surface area contributed by atoms with Crippen LogP contribution < -0.4 is 9.47 Å². The van der Waals surface area contributed by atoms with Crippen LogP contribution in [0.15, 0.2) is 53.7 Å². The summed E-state index contributed by atoms with van der Waals surface area (Å²) in [5, 5.41) is 12.1. The van der Waals surface area contributed by atoms with E-state index in [-0.39, 0.29) is 0 Å². The zero-order valence-electron chi connectivity index (χ0n) is 11.7. The van der Waals surface area contributed by atoms with Gasteiger partial charge in [0.2, 0.25) is 0 Å². The number of rotatable bonds is 5. The Morgan fingerprint density at radius 1 is 1.14 bits per heavy atom. The van der Waals surface area contributed by atoms with Gasteiger partial charge in [-0.3, -0.25) is 0 Å². The minimum Gasteiger partial charge on any atom is -0.493 e. The first kappa shape index (κ1) is 13.5. The van der Waals surface area contributed by atoms with E-state index in [4.69, 9.17) is 14.7 Å². The normalized spacial score (nSPS) is 14.8. The maximum absolute atomic E-state index is 8.84. The van der Waals surface area contributed by atoms with Crippen LogP contribution in [0.4, 0.5) is 0 Å². The zero-order valence-corrected chi connectivity index (χ0v) is 11.7. The van der Waals surface area contributed by atoms with Gasteiger partial charge in [-0.2, -0.15) is 0 Å². The van der Waals surface area contributed by atoms with Gasteiger partial charge in [-0.1, -0.05) is 35.5 Å². The average molecular weight is 283 g/mol. The SMILES string of the molecule is ON=C1COc2cc(OCCCc3ccccc3)ccc21. The van der Waals surface area contributed by atoms with Gasteiger partial charge in [0.25, 0.3) is 0 Å². The average Bonchev–Trinajstić information content (AvgIpc) is 2.95. The van der Waals surface area contributed by atoms with Crippen molar-refractivity contribution < 1.29 is 14.7 Å². The van der Waals surface area contributed by atoms with Gasteiger partial charge in [-0.05, 0) is 30.5 Å². The number of hydrogen-bond donors (Lipinski definition) is 1. The molecule has 0 spiro atoms. The van der Waals surface area contributed by atoms with Crippen molar-refractivity contribution >= 4 is 5.71 Å². The molecule has 0 amide bonds. The van der Waals surface area contributed by atoms with Crippen LogP contribution in [0, 0.1) is 0 Å². The second-order valence-electron chi connectivity index (χ2n) is 4.93. The zero-order chi connectivity index (χ0) is 14.5. The molecular formula is C17H17NO3. The highest BCUT2D eigenvalue weighted by molar-refractivity contribution is 6.05. The maximum atomic E-state index is 8.84. The number of fused-ring (bicyclic) bond motifs is 1. The highest BCUT2D eigenvalue weighted by Crippen LogP contribution is 2.29. The van der Waals surface area contributed by atoms with E-state index >= 15 is 0 Å². The molecule has 0 radical (unpaired) electrons. The molecule has 108 valence electrons. The Kier molecular flexibility index (Phi) is 4.05. The van der Waals surface area contributed by atoms with Crippen molar-refractivity contribution in [1.29, 1.82) is 0 Å². The number of oxime groups is 1. The molecule has 0 saturated carbocycles. The number of benzene rings is 2. The molecule has 21 heavy (non-hydrogen) atoms. The minimum atomic E-state index is 0.309. The van der Waals surface area contributed by atoms with Crippen molar-refractivity contribution in [3.05, 3.63) is 59.7 Å². The van der Waals surface area contributed by atoms with Gasteiger partial charge < -0.3 is 14.7 Å². The van der Waals surface area contributed by atoms with E-state index in [9.17, 15) is 0 Å². The van der Waals surface area contributed by atoms with Crippen LogP contribution in [0.5, 0.6) is 11.5 Å². The van der Waals surface area contributed by atoms with E-state index in [0.29, 0.717) is 24.7 Å². The molecule has 0 atom stereocenters. The summed E-state index contributed by atoms with van der Waals surface area (Å²) in [6, 6.07) is 16.0. The van der Waals surface area contributed by atoms with Crippen molar-refractivity contribution in [2.45, 2.75) is 12.8 Å². The third-order valence-corrected chi connectivity index (χ3v) is 3.47. The first-order valence-electron chi connectivity index (χ1n) is 7.02. The lowest BCUT2D eigenvalue weighted by Crippen LogP contribution is -2.01. The van der Waals surface area contributed by atoms with Crippen LogP contribution in [0.25, 0.3) is 0 Å². The van der Waals surface area contributed by atoms with Crippen LogP contribution in [-0.4, -0.2) is 24.1 Å². The Morgan fingerprint density at radius 3 is 2.81 bits per heavy atom. The van der Waals surface area contributed by atoms with E-state index in [1.54, 1.807) is 0 Å². The number of ether oxygens (including phenoxy) is 2. The largest absolute Gasteiger partial charge is 0.493 e. The van der Waals surface area contributed by atoms with Crippen LogP contribution in [0.3, 0.4) is 0 Å². The molecule has 0 unspecified atom stereocenters. The van der Waals surface area contributed by atoms with E-state index < -0.39 is 0 Å². The monoisotopic (exact) mass is 283 g/mol. The minimum absolute atomic E-state index is 0.309. The van der Waals surface area contributed by atoms with E-state index in [2.05, 4.69) is 17.3 Å². The fraction of sp³-hybridized carbons (Fsp3) is 0.235. The molecule has 0 fully saturated rings. The van der Waals surface area contributed by atoms with E-state index in [1.165, 1.54) is 5.56 Å². The Balaban J connectivity index is 1.53.